The van der Waals surface area contributed by atoms with E-state index >= 15 is 0 Å². The van der Waals surface area contributed by atoms with Crippen LogP contribution in [0, 0.1) is 0 Å². The largest absolute Gasteiger partial charge is 0.383 e. The summed E-state index contributed by atoms with van der Waals surface area (Å²) in [6, 6.07) is 5.19. The number of benzene rings is 1. The standard InChI is InChI=1S/C15H22N2O6S2/c1-17(13-7-10-24(19,20)11-13)15(18)12-3-5-14(6-4-12)25(21,22)16-8-9-23-2/h3-6,13,16H,7-11H2,1-2H3. The molecule has 10 heteroatoms. The van der Waals surface area contributed by atoms with Crippen molar-refractivity contribution in [1.29, 1.82) is 0 Å². The summed E-state index contributed by atoms with van der Waals surface area (Å²) in [5.41, 5.74) is 0.308. The van der Waals surface area contributed by atoms with Crippen LogP contribution < -0.4 is 4.72 Å². The summed E-state index contributed by atoms with van der Waals surface area (Å²) in [7, 11) is -3.71. The molecule has 140 valence electrons. The molecule has 1 saturated heterocycles. The zero-order valence-electron chi connectivity index (χ0n) is 14.1. The number of methoxy groups -OCH3 is 1. The molecule has 1 atom stereocenters. The Morgan fingerprint density at radius 3 is 2.48 bits per heavy atom. The summed E-state index contributed by atoms with van der Waals surface area (Å²) in [5, 5.41) is 0. The van der Waals surface area contributed by atoms with Crippen molar-refractivity contribution in [3.8, 4) is 0 Å². The van der Waals surface area contributed by atoms with Crippen molar-refractivity contribution < 1.29 is 26.4 Å². The van der Waals surface area contributed by atoms with E-state index < -0.39 is 19.9 Å². The second-order valence-corrected chi connectivity index (χ2v) is 9.88. The van der Waals surface area contributed by atoms with Gasteiger partial charge in [-0.2, -0.15) is 0 Å². The fourth-order valence-electron chi connectivity index (χ4n) is 2.59. The lowest BCUT2D eigenvalue weighted by molar-refractivity contribution is 0.0747. The Morgan fingerprint density at radius 2 is 1.96 bits per heavy atom. The molecule has 0 aliphatic carbocycles. The van der Waals surface area contributed by atoms with Gasteiger partial charge in [-0.3, -0.25) is 4.79 Å². The Labute approximate surface area is 148 Å². The van der Waals surface area contributed by atoms with Crippen LogP contribution in [0.25, 0.3) is 0 Å². The number of rotatable bonds is 7. The maximum atomic E-state index is 12.5. The fraction of sp³-hybridized carbons (Fsp3) is 0.533. The van der Waals surface area contributed by atoms with Crippen LogP contribution in [0.5, 0.6) is 0 Å². The molecule has 1 N–H and O–H groups in total. The fourth-order valence-corrected chi connectivity index (χ4v) is 5.38. The number of hydrogen-bond acceptors (Lipinski definition) is 6. The molecule has 1 amide bonds. The van der Waals surface area contributed by atoms with Crippen molar-refractivity contribution in [2.45, 2.75) is 17.4 Å². The topological polar surface area (TPSA) is 110 Å². The Bertz CT molecular complexity index is 818. The smallest absolute Gasteiger partial charge is 0.253 e. The third-order valence-electron chi connectivity index (χ3n) is 4.09. The van der Waals surface area contributed by atoms with E-state index in [9.17, 15) is 21.6 Å². The Hall–Kier alpha value is -1.49. The van der Waals surface area contributed by atoms with E-state index in [1.165, 1.54) is 36.3 Å². The van der Waals surface area contributed by atoms with Gasteiger partial charge in [0.25, 0.3) is 5.91 Å². The van der Waals surface area contributed by atoms with Gasteiger partial charge >= 0.3 is 0 Å². The van der Waals surface area contributed by atoms with Gasteiger partial charge in [-0.25, -0.2) is 21.6 Å². The van der Waals surface area contributed by atoms with Crippen molar-refractivity contribution in [1.82, 2.24) is 9.62 Å². The molecule has 8 nitrogen and oxygen atoms in total. The van der Waals surface area contributed by atoms with Crippen LogP contribution in [-0.2, 0) is 24.6 Å². The summed E-state index contributed by atoms with van der Waals surface area (Å²) in [6.45, 7) is 0.406. The van der Waals surface area contributed by atoms with E-state index in [0.29, 0.717) is 12.0 Å². The Morgan fingerprint density at radius 1 is 1.32 bits per heavy atom. The van der Waals surface area contributed by atoms with E-state index in [0.717, 1.165) is 0 Å². The van der Waals surface area contributed by atoms with Crippen molar-refractivity contribution in [3.05, 3.63) is 29.8 Å². The Balaban J connectivity index is 2.07. The molecular weight excluding hydrogens is 368 g/mol. The minimum absolute atomic E-state index is 0.0366. The van der Waals surface area contributed by atoms with Crippen LogP contribution >= 0.6 is 0 Å². The number of amides is 1. The highest BCUT2D eigenvalue weighted by molar-refractivity contribution is 7.91. The molecule has 1 heterocycles. The summed E-state index contributed by atoms with van der Waals surface area (Å²) >= 11 is 0. The average Bonchev–Trinajstić information content (AvgIpc) is 2.94. The molecule has 1 aliphatic heterocycles. The first-order chi connectivity index (χ1) is 11.7. The molecule has 1 aliphatic rings. The van der Waals surface area contributed by atoms with Crippen LogP contribution in [0.4, 0.5) is 0 Å². The number of nitrogens with one attached hydrogen (secondary N) is 1. The van der Waals surface area contributed by atoms with Gasteiger partial charge in [0.15, 0.2) is 9.84 Å². The van der Waals surface area contributed by atoms with Gasteiger partial charge in [0.2, 0.25) is 10.0 Å². The molecule has 1 fully saturated rings. The van der Waals surface area contributed by atoms with Gasteiger partial charge < -0.3 is 9.64 Å². The number of hydrogen-bond donors (Lipinski definition) is 1. The molecule has 0 spiro atoms. The van der Waals surface area contributed by atoms with Crippen LogP contribution in [0.15, 0.2) is 29.2 Å². The molecule has 0 radical (unpaired) electrons. The second-order valence-electron chi connectivity index (χ2n) is 5.89. The molecule has 1 aromatic carbocycles. The number of sulfone groups is 1. The molecule has 1 unspecified atom stereocenters. The molecular formula is C15H22N2O6S2. The average molecular weight is 390 g/mol. The van der Waals surface area contributed by atoms with Crippen LogP contribution in [0.1, 0.15) is 16.8 Å². The van der Waals surface area contributed by atoms with Crippen molar-refractivity contribution in [2.24, 2.45) is 0 Å². The summed E-state index contributed by atoms with van der Waals surface area (Å²) in [4.78, 5) is 13.9. The van der Waals surface area contributed by atoms with Gasteiger partial charge in [-0.05, 0) is 30.7 Å². The van der Waals surface area contributed by atoms with Gasteiger partial charge in [0.05, 0.1) is 23.0 Å². The van der Waals surface area contributed by atoms with Gasteiger partial charge in [-0.1, -0.05) is 0 Å². The number of sulfonamides is 1. The first-order valence-electron chi connectivity index (χ1n) is 7.72. The van der Waals surface area contributed by atoms with E-state index in [1.807, 2.05) is 0 Å². The highest BCUT2D eigenvalue weighted by Crippen LogP contribution is 2.19. The van der Waals surface area contributed by atoms with E-state index in [1.54, 1.807) is 7.05 Å². The number of carbonyl (C=O) groups is 1. The quantitative estimate of drug-likeness (QED) is 0.650. The molecule has 2 rings (SSSR count). The minimum atomic E-state index is -3.66. The third-order valence-corrected chi connectivity index (χ3v) is 7.31. The van der Waals surface area contributed by atoms with Gasteiger partial charge in [-0.15, -0.1) is 0 Å². The first-order valence-corrected chi connectivity index (χ1v) is 11.0. The maximum Gasteiger partial charge on any atom is 0.253 e. The maximum absolute atomic E-state index is 12.5. The summed E-state index contributed by atoms with van der Waals surface area (Å²) < 4.78 is 54.4. The zero-order chi connectivity index (χ0) is 18.7. The molecule has 0 bridgehead atoms. The number of carbonyl (C=O) groups excluding carboxylic acids is 1. The summed E-state index contributed by atoms with van der Waals surface area (Å²) in [5.74, 6) is -0.288. The zero-order valence-corrected chi connectivity index (χ0v) is 15.8. The lowest BCUT2D eigenvalue weighted by Crippen LogP contribution is -2.37. The van der Waals surface area contributed by atoms with Crippen molar-refractivity contribution >= 4 is 25.8 Å². The lowest BCUT2D eigenvalue weighted by atomic mass is 10.1. The summed E-state index contributed by atoms with van der Waals surface area (Å²) in [6.07, 6.45) is 0.417. The lowest BCUT2D eigenvalue weighted by Gasteiger charge is -2.23. The van der Waals surface area contributed by atoms with E-state index in [2.05, 4.69) is 4.72 Å². The molecule has 0 saturated carbocycles. The predicted octanol–water partition coefficient (Wildman–Crippen LogP) is -0.130. The monoisotopic (exact) mass is 390 g/mol. The van der Waals surface area contributed by atoms with E-state index in [4.69, 9.17) is 4.74 Å². The van der Waals surface area contributed by atoms with Crippen LogP contribution in [0.3, 0.4) is 0 Å². The molecule has 0 aromatic heterocycles. The Kier molecular flexibility index (Phi) is 6.20. The van der Waals surface area contributed by atoms with Crippen molar-refractivity contribution in [3.63, 3.8) is 0 Å². The van der Waals surface area contributed by atoms with Gasteiger partial charge in [0.1, 0.15) is 0 Å². The highest BCUT2D eigenvalue weighted by atomic mass is 32.2. The molecule has 1 aromatic rings. The SMILES string of the molecule is COCCNS(=O)(=O)c1ccc(C(=O)N(C)C2CCS(=O)(=O)C2)cc1. The normalized spacial score (nSPS) is 19.7. The minimum Gasteiger partial charge on any atom is -0.383 e. The highest BCUT2D eigenvalue weighted by Gasteiger charge is 2.33. The first kappa shape index (κ1) is 19.8. The number of nitrogens with zero attached hydrogens (tertiary/aromatic N) is 1. The third kappa shape index (κ3) is 5.00. The predicted molar refractivity (Wildman–Crippen MR) is 92.7 cm³/mol. The van der Waals surface area contributed by atoms with E-state index in [-0.39, 0.29) is 41.5 Å². The second kappa shape index (κ2) is 7.81. The van der Waals surface area contributed by atoms with Crippen LogP contribution in [0.2, 0.25) is 0 Å². The number of ether oxygens (including phenoxy) is 1. The molecule has 25 heavy (non-hydrogen) atoms. The van der Waals surface area contributed by atoms with Crippen LogP contribution in [-0.4, -0.2) is 72.5 Å². The van der Waals surface area contributed by atoms with Crippen molar-refractivity contribution in [2.75, 3.05) is 38.8 Å². The van der Waals surface area contributed by atoms with Gasteiger partial charge in [0, 0.05) is 32.3 Å².